The second kappa shape index (κ2) is 5.23. The van der Waals surface area contributed by atoms with Gasteiger partial charge in [-0.05, 0) is 25.2 Å². The molecular formula is C15H16N4O3S. The molecule has 0 unspecified atom stereocenters. The average Bonchev–Trinajstić information content (AvgIpc) is 3.25. The number of carbonyl (C=O) groups excluding carboxylic acids is 3. The third kappa shape index (κ3) is 2.28. The van der Waals surface area contributed by atoms with E-state index in [4.69, 9.17) is 0 Å². The van der Waals surface area contributed by atoms with Crippen LogP contribution < -0.4 is 5.32 Å². The van der Waals surface area contributed by atoms with Crippen molar-refractivity contribution in [2.45, 2.75) is 19.8 Å². The number of imide groups is 1. The SMILES string of the molecule is Cc1nnc(NC(=O)CCN2C(=O)[C@@H]3[C@@H](C2=O)[C@H]2C=C[C@H]3C2)s1. The van der Waals surface area contributed by atoms with E-state index in [1.54, 1.807) is 6.92 Å². The maximum atomic E-state index is 12.5. The Balaban J connectivity index is 1.37. The zero-order valence-electron chi connectivity index (χ0n) is 12.6. The van der Waals surface area contributed by atoms with Crippen LogP contribution in [0.2, 0.25) is 0 Å². The van der Waals surface area contributed by atoms with Crippen molar-refractivity contribution in [1.29, 1.82) is 0 Å². The van der Waals surface area contributed by atoms with Gasteiger partial charge in [0.2, 0.25) is 22.9 Å². The Kier molecular flexibility index (Phi) is 3.29. The number of rotatable bonds is 4. The molecule has 1 saturated carbocycles. The summed E-state index contributed by atoms with van der Waals surface area (Å²) in [7, 11) is 0. The minimum absolute atomic E-state index is 0.0817. The van der Waals surface area contributed by atoms with Gasteiger partial charge < -0.3 is 5.32 Å². The number of likely N-dealkylation sites (tertiary alicyclic amines) is 1. The fourth-order valence-corrected chi connectivity index (χ4v) is 4.53. The summed E-state index contributed by atoms with van der Waals surface area (Å²) in [5.74, 6) is -0.500. The molecule has 0 radical (unpaired) electrons. The van der Waals surface area contributed by atoms with Gasteiger partial charge in [-0.1, -0.05) is 23.5 Å². The normalized spacial score (nSPS) is 31.1. The number of aryl methyl sites for hydroxylation is 1. The van der Waals surface area contributed by atoms with E-state index < -0.39 is 0 Å². The lowest BCUT2D eigenvalue weighted by atomic mass is 9.85. The second-order valence-corrected chi connectivity index (χ2v) is 7.43. The van der Waals surface area contributed by atoms with E-state index in [-0.39, 0.29) is 54.4 Å². The molecule has 1 N–H and O–H groups in total. The van der Waals surface area contributed by atoms with Crippen LogP contribution in [0, 0.1) is 30.6 Å². The summed E-state index contributed by atoms with van der Waals surface area (Å²) >= 11 is 1.29. The van der Waals surface area contributed by atoms with Crippen LogP contribution in [-0.4, -0.2) is 39.4 Å². The van der Waals surface area contributed by atoms with Gasteiger partial charge in [0, 0.05) is 13.0 Å². The average molecular weight is 332 g/mol. The third-order valence-electron chi connectivity index (χ3n) is 4.90. The van der Waals surface area contributed by atoms with Crippen molar-refractivity contribution in [3.8, 4) is 0 Å². The summed E-state index contributed by atoms with van der Waals surface area (Å²) in [5, 5.41) is 11.5. The Morgan fingerprint density at radius 1 is 1.26 bits per heavy atom. The number of fused-ring (bicyclic) bond motifs is 5. The van der Waals surface area contributed by atoms with Gasteiger partial charge in [-0.3, -0.25) is 19.3 Å². The van der Waals surface area contributed by atoms with E-state index in [1.807, 2.05) is 0 Å². The minimum atomic E-state index is -0.264. The van der Waals surface area contributed by atoms with Crippen LogP contribution in [0.3, 0.4) is 0 Å². The van der Waals surface area contributed by atoms with Crippen LogP contribution in [0.25, 0.3) is 0 Å². The molecule has 1 aliphatic heterocycles. The summed E-state index contributed by atoms with van der Waals surface area (Å²) in [4.78, 5) is 38.2. The number of carbonyl (C=O) groups is 3. The van der Waals surface area contributed by atoms with Crippen molar-refractivity contribution in [1.82, 2.24) is 15.1 Å². The van der Waals surface area contributed by atoms with Gasteiger partial charge in [0.15, 0.2) is 0 Å². The molecule has 7 nitrogen and oxygen atoms in total. The van der Waals surface area contributed by atoms with E-state index in [9.17, 15) is 14.4 Å². The third-order valence-corrected chi connectivity index (χ3v) is 5.65. The molecule has 23 heavy (non-hydrogen) atoms. The first-order valence-corrected chi connectivity index (χ1v) is 8.50. The van der Waals surface area contributed by atoms with Gasteiger partial charge in [-0.25, -0.2) is 0 Å². The van der Waals surface area contributed by atoms with Crippen LogP contribution in [-0.2, 0) is 14.4 Å². The highest BCUT2D eigenvalue weighted by molar-refractivity contribution is 7.15. The molecule has 3 amide bonds. The number of hydrogen-bond acceptors (Lipinski definition) is 6. The summed E-state index contributed by atoms with van der Waals surface area (Å²) in [5.41, 5.74) is 0. The van der Waals surface area contributed by atoms with Crippen molar-refractivity contribution in [2.24, 2.45) is 23.7 Å². The molecular weight excluding hydrogens is 316 g/mol. The predicted molar refractivity (Wildman–Crippen MR) is 82.3 cm³/mol. The first kappa shape index (κ1) is 14.5. The second-order valence-electron chi connectivity index (χ2n) is 6.25. The van der Waals surface area contributed by atoms with Gasteiger partial charge >= 0.3 is 0 Å². The first-order valence-electron chi connectivity index (χ1n) is 7.68. The molecule has 2 bridgehead atoms. The first-order chi connectivity index (χ1) is 11.0. The zero-order chi connectivity index (χ0) is 16.1. The largest absolute Gasteiger partial charge is 0.300 e. The van der Waals surface area contributed by atoms with Gasteiger partial charge in [0.1, 0.15) is 5.01 Å². The maximum absolute atomic E-state index is 12.5. The van der Waals surface area contributed by atoms with Crippen LogP contribution in [0.15, 0.2) is 12.2 Å². The van der Waals surface area contributed by atoms with E-state index in [0.29, 0.717) is 5.13 Å². The number of amides is 3. The Morgan fingerprint density at radius 3 is 2.48 bits per heavy atom. The highest BCUT2D eigenvalue weighted by Gasteiger charge is 2.58. The molecule has 1 saturated heterocycles. The van der Waals surface area contributed by atoms with Crippen molar-refractivity contribution in [2.75, 3.05) is 11.9 Å². The standard InChI is InChI=1S/C15H16N4O3S/c1-7-17-18-15(23-7)16-10(20)4-5-19-13(21)11-8-2-3-9(6-8)12(11)14(19)22/h2-3,8-9,11-12H,4-6H2,1H3,(H,16,18,20)/t8-,9-,11-,12-/m0/s1. The number of anilines is 1. The van der Waals surface area contributed by atoms with E-state index in [2.05, 4.69) is 27.7 Å². The molecule has 2 aliphatic carbocycles. The van der Waals surface area contributed by atoms with Gasteiger partial charge in [-0.2, -0.15) is 0 Å². The van der Waals surface area contributed by atoms with Crippen LogP contribution in [0.4, 0.5) is 5.13 Å². The van der Waals surface area contributed by atoms with E-state index in [0.717, 1.165) is 11.4 Å². The fourth-order valence-electron chi connectivity index (χ4n) is 3.93. The maximum Gasteiger partial charge on any atom is 0.233 e. The topological polar surface area (TPSA) is 92.3 Å². The monoisotopic (exact) mass is 332 g/mol. The lowest BCUT2D eigenvalue weighted by Gasteiger charge is -2.16. The number of nitrogens with one attached hydrogen (secondary N) is 1. The highest BCUT2D eigenvalue weighted by atomic mass is 32.1. The van der Waals surface area contributed by atoms with Crippen LogP contribution in [0.1, 0.15) is 17.8 Å². The lowest BCUT2D eigenvalue weighted by Crippen LogP contribution is -2.35. The van der Waals surface area contributed by atoms with Gasteiger partial charge in [0.05, 0.1) is 11.8 Å². The molecule has 2 fully saturated rings. The van der Waals surface area contributed by atoms with E-state index >= 15 is 0 Å². The molecule has 1 aromatic rings. The molecule has 3 aliphatic rings. The Labute approximate surface area is 136 Å². The number of allylic oxidation sites excluding steroid dienone is 2. The summed E-state index contributed by atoms with van der Waals surface area (Å²) in [6.45, 7) is 1.93. The summed E-state index contributed by atoms with van der Waals surface area (Å²) in [6.07, 6.45) is 5.12. The number of aromatic nitrogens is 2. The van der Waals surface area contributed by atoms with Crippen molar-refractivity contribution < 1.29 is 14.4 Å². The van der Waals surface area contributed by atoms with Crippen LogP contribution >= 0.6 is 11.3 Å². The molecule has 2 heterocycles. The van der Waals surface area contributed by atoms with Crippen molar-refractivity contribution in [3.63, 3.8) is 0 Å². The molecule has 0 spiro atoms. The fraction of sp³-hybridized carbons (Fsp3) is 0.533. The van der Waals surface area contributed by atoms with Crippen molar-refractivity contribution in [3.05, 3.63) is 17.2 Å². The summed E-state index contributed by atoms with van der Waals surface area (Å²) < 4.78 is 0. The van der Waals surface area contributed by atoms with Crippen LogP contribution in [0.5, 0.6) is 0 Å². The van der Waals surface area contributed by atoms with E-state index in [1.165, 1.54) is 16.2 Å². The minimum Gasteiger partial charge on any atom is -0.300 e. The smallest absolute Gasteiger partial charge is 0.233 e. The predicted octanol–water partition coefficient (Wildman–Crippen LogP) is 0.982. The number of nitrogens with zero attached hydrogens (tertiary/aromatic N) is 3. The Bertz CT molecular complexity index is 698. The Morgan fingerprint density at radius 2 is 1.91 bits per heavy atom. The summed E-state index contributed by atoms with van der Waals surface area (Å²) in [6, 6.07) is 0. The number of hydrogen-bond donors (Lipinski definition) is 1. The molecule has 8 heteroatoms. The quantitative estimate of drug-likeness (QED) is 0.655. The molecule has 1 aromatic heterocycles. The zero-order valence-corrected chi connectivity index (χ0v) is 13.4. The highest BCUT2D eigenvalue weighted by Crippen LogP contribution is 2.52. The van der Waals surface area contributed by atoms with Gasteiger partial charge in [-0.15, -0.1) is 10.2 Å². The van der Waals surface area contributed by atoms with Crippen molar-refractivity contribution >= 4 is 34.2 Å². The lowest BCUT2D eigenvalue weighted by molar-refractivity contribution is -0.140. The Hall–Kier alpha value is -2.09. The molecule has 0 aromatic carbocycles. The molecule has 4 rings (SSSR count). The molecule has 120 valence electrons. The molecule has 4 atom stereocenters. The van der Waals surface area contributed by atoms with Gasteiger partial charge in [0.25, 0.3) is 0 Å².